The van der Waals surface area contributed by atoms with Gasteiger partial charge in [0.15, 0.2) is 5.96 Å². The molecule has 1 aromatic rings. The van der Waals surface area contributed by atoms with Crippen molar-refractivity contribution in [3.63, 3.8) is 0 Å². The molecule has 0 saturated carbocycles. The van der Waals surface area contributed by atoms with E-state index in [-0.39, 0.29) is 24.0 Å². The highest BCUT2D eigenvalue weighted by Gasteiger charge is 2.01. The van der Waals surface area contributed by atoms with E-state index < -0.39 is 0 Å². The summed E-state index contributed by atoms with van der Waals surface area (Å²) in [7, 11) is 0. The molecule has 0 aliphatic heterocycles. The summed E-state index contributed by atoms with van der Waals surface area (Å²) in [5, 5.41) is 7.45. The Labute approximate surface area is 169 Å². The highest BCUT2D eigenvalue weighted by molar-refractivity contribution is 14.0. The van der Waals surface area contributed by atoms with Crippen molar-refractivity contribution in [3.8, 4) is 0 Å². The Hall–Kier alpha value is -0.530. The van der Waals surface area contributed by atoms with Crippen molar-refractivity contribution < 1.29 is 0 Å². The van der Waals surface area contributed by atoms with Gasteiger partial charge in [-0.15, -0.1) is 24.0 Å². The average Bonchev–Trinajstić information content (AvgIpc) is 2.57. The molecule has 0 aromatic heterocycles. The third kappa shape index (κ3) is 9.69. The number of hydrogen-bond donors (Lipinski definition) is 2. The van der Waals surface area contributed by atoms with Crippen molar-refractivity contribution in [3.05, 3.63) is 34.9 Å². The summed E-state index contributed by atoms with van der Waals surface area (Å²) in [4.78, 5) is 7.06. The molecule has 0 radical (unpaired) electrons. The van der Waals surface area contributed by atoms with Crippen LogP contribution in [0.1, 0.15) is 39.2 Å². The van der Waals surface area contributed by atoms with E-state index >= 15 is 0 Å². The fraction of sp³-hybridized carbons (Fsp3) is 0.611. The number of benzene rings is 1. The lowest BCUT2D eigenvalue weighted by atomic mass is 10.2. The van der Waals surface area contributed by atoms with E-state index in [1.165, 1.54) is 13.0 Å². The molecule has 4 nitrogen and oxygen atoms in total. The van der Waals surface area contributed by atoms with Gasteiger partial charge < -0.3 is 15.5 Å². The van der Waals surface area contributed by atoms with Gasteiger partial charge in [-0.2, -0.15) is 0 Å². The Morgan fingerprint density at radius 3 is 2.42 bits per heavy atom. The second-order valence-corrected chi connectivity index (χ2v) is 5.85. The minimum Gasteiger partial charge on any atom is -0.357 e. The molecule has 0 unspecified atom stereocenters. The van der Waals surface area contributed by atoms with Gasteiger partial charge in [-0.1, -0.05) is 43.6 Å². The summed E-state index contributed by atoms with van der Waals surface area (Å²) in [5.74, 6) is 0.857. The molecule has 2 N–H and O–H groups in total. The summed E-state index contributed by atoms with van der Waals surface area (Å²) < 4.78 is 0. The van der Waals surface area contributed by atoms with Crippen LogP contribution in [-0.2, 0) is 6.54 Å². The fourth-order valence-corrected chi connectivity index (χ4v) is 2.54. The lowest BCUT2D eigenvalue weighted by Gasteiger charge is -2.18. The third-order valence-electron chi connectivity index (χ3n) is 3.80. The first-order chi connectivity index (χ1) is 11.2. The number of guanidine groups is 1. The largest absolute Gasteiger partial charge is 0.357 e. The second-order valence-electron chi connectivity index (χ2n) is 5.45. The van der Waals surface area contributed by atoms with Gasteiger partial charge in [0.1, 0.15) is 0 Å². The van der Waals surface area contributed by atoms with Crippen LogP contribution in [0.3, 0.4) is 0 Å². The van der Waals surface area contributed by atoms with E-state index in [4.69, 9.17) is 11.6 Å². The van der Waals surface area contributed by atoms with Crippen molar-refractivity contribution in [2.24, 2.45) is 4.99 Å². The van der Waals surface area contributed by atoms with Gasteiger partial charge in [-0.25, -0.2) is 4.99 Å². The Kier molecular flexibility index (Phi) is 14.5. The Bertz CT molecular complexity index is 464. The van der Waals surface area contributed by atoms with Crippen LogP contribution in [-0.4, -0.2) is 43.6 Å². The van der Waals surface area contributed by atoms with Crippen LogP contribution in [0.15, 0.2) is 29.3 Å². The molecule has 0 heterocycles. The van der Waals surface area contributed by atoms with Crippen molar-refractivity contribution in [1.29, 1.82) is 0 Å². The number of nitrogens with zero attached hydrogens (tertiary/aromatic N) is 2. The first-order valence-electron chi connectivity index (χ1n) is 8.69. The molecule has 1 rings (SSSR count). The van der Waals surface area contributed by atoms with Gasteiger partial charge in [0, 0.05) is 18.1 Å². The topological polar surface area (TPSA) is 39.7 Å². The van der Waals surface area contributed by atoms with E-state index in [1.807, 2.05) is 24.3 Å². The number of nitrogens with one attached hydrogen (secondary N) is 2. The molecule has 0 amide bonds. The molecule has 6 heteroatoms. The quantitative estimate of drug-likeness (QED) is 0.236. The lowest BCUT2D eigenvalue weighted by molar-refractivity contribution is 0.297. The fourth-order valence-electron chi connectivity index (χ4n) is 2.34. The van der Waals surface area contributed by atoms with Gasteiger partial charge >= 0.3 is 0 Å². The van der Waals surface area contributed by atoms with Crippen molar-refractivity contribution in [2.45, 2.75) is 40.2 Å². The number of halogens is 2. The number of hydrogen-bond acceptors (Lipinski definition) is 2. The average molecular weight is 467 g/mol. The Morgan fingerprint density at radius 2 is 1.79 bits per heavy atom. The first kappa shape index (κ1) is 23.5. The highest BCUT2D eigenvalue weighted by Crippen LogP contribution is 2.15. The van der Waals surface area contributed by atoms with E-state index in [2.05, 4.69) is 41.3 Å². The van der Waals surface area contributed by atoms with E-state index in [0.717, 1.165) is 49.1 Å². The van der Waals surface area contributed by atoms with E-state index in [0.29, 0.717) is 6.54 Å². The van der Waals surface area contributed by atoms with Gasteiger partial charge in [-0.3, -0.25) is 0 Å². The van der Waals surface area contributed by atoms with E-state index in [9.17, 15) is 0 Å². The number of rotatable bonds is 10. The lowest BCUT2D eigenvalue weighted by Crippen LogP contribution is -2.38. The predicted molar refractivity (Wildman–Crippen MR) is 117 cm³/mol. The zero-order valence-corrected chi connectivity index (χ0v) is 18.2. The minimum atomic E-state index is 0. The maximum atomic E-state index is 6.17. The van der Waals surface area contributed by atoms with Crippen LogP contribution in [0.25, 0.3) is 0 Å². The molecule has 0 bridgehead atoms. The SMILES string of the molecule is CCNC(=NCc1ccccc1Cl)NCCCCN(CC)CC.I. The van der Waals surface area contributed by atoms with Crippen molar-refractivity contribution in [2.75, 3.05) is 32.7 Å². The molecule has 0 fully saturated rings. The summed E-state index contributed by atoms with van der Waals surface area (Å²) in [6.45, 7) is 12.3. The van der Waals surface area contributed by atoms with Crippen LogP contribution < -0.4 is 10.6 Å². The molecular formula is C18H32ClIN4. The minimum absolute atomic E-state index is 0. The van der Waals surface area contributed by atoms with Crippen molar-refractivity contribution >= 4 is 41.5 Å². The van der Waals surface area contributed by atoms with E-state index in [1.54, 1.807) is 0 Å². The second kappa shape index (κ2) is 14.8. The zero-order valence-electron chi connectivity index (χ0n) is 15.1. The van der Waals surface area contributed by atoms with Crippen LogP contribution in [0.5, 0.6) is 0 Å². The maximum absolute atomic E-state index is 6.17. The van der Waals surface area contributed by atoms with Crippen LogP contribution in [0.4, 0.5) is 0 Å². The normalized spacial score (nSPS) is 11.3. The smallest absolute Gasteiger partial charge is 0.191 e. The molecule has 0 aliphatic carbocycles. The summed E-state index contributed by atoms with van der Waals surface area (Å²) in [5.41, 5.74) is 1.05. The maximum Gasteiger partial charge on any atom is 0.191 e. The zero-order chi connectivity index (χ0) is 16.9. The molecule has 138 valence electrons. The number of aliphatic imine (C=N–C) groups is 1. The molecule has 1 aromatic carbocycles. The summed E-state index contributed by atoms with van der Waals surface area (Å²) >= 11 is 6.17. The monoisotopic (exact) mass is 466 g/mol. The van der Waals surface area contributed by atoms with Crippen LogP contribution in [0.2, 0.25) is 5.02 Å². The first-order valence-corrected chi connectivity index (χ1v) is 9.06. The Balaban J connectivity index is 0.00000529. The molecule has 24 heavy (non-hydrogen) atoms. The highest BCUT2D eigenvalue weighted by atomic mass is 127. The van der Waals surface area contributed by atoms with Gasteiger partial charge in [-0.05, 0) is 51.0 Å². The van der Waals surface area contributed by atoms with Crippen LogP contribution >= 0.6 is 35.6 Å². The van der Waals surface area contributed by atoms with Crippen LogP contribution in [0, 0.1) is 0 Å². The molecule has 0 saturated heterocycles. The van der Waals surface area contributed by atoms with Crippen molar-refractivity contribution in [1.82, 2.24) is 15.5 Å². The van der Waals surface area contributed by atoms with Gasteiger partial charge in [0.2, 0.25) is 0 Å². The molecular weight excluding hydrogens is 435 g/mol. The summed E-state index contributed by atoms with van der Waals surface area (Å²) in [6.07, 6.45) is 2.35. The number of unbranched alkanes of at least 4 members (excludes halogenated alkanes) is 1. The summed E-state index contributed by atoms with van der Waals surface area (Å²) in [6, 6.07) is 7.85. The third-order valence-corrected chi connectivity index (χ3v) is 4.17. The molecule has 0 atom stereocenters. The van der Waals surface area contributed by atoms with Gasteiger partial charge in [0.25, 0.3) is 0 Å². The molecule has 0 spiro atoms. The Morgan fingerprint density at radius 1 is 1.08 bits per heavy atom. The predicted octanol–water partition coefficient (Wildman–Crippen LogP) is 4.14. The van der Waals surface area contributed by atoms with Gasteiger partial charge in [0.05, 0.1) is 6.54 Å². The standard InChI is InChI=1S/C18H31ClN4.HI/c1-4-20-18(21-13-9-10-14-23(5-2)6-3)22-15-16-11-7-8-12-17(16)19;/h7-8,11-12H,4-6,9-10,13-15H2,1-3H3,(H2,20,21,22);1H. The molecule has 0 aliphatic rings.